The number of hydrogen-bond acceptors (Lipinski definition) is 5. The van der Waals surface area contributed by atoms with Gasteiger partial charge < -0.3 is 4.74 Å². The second-order valence-electron chi connectivity index (χ2n) is 5.20. The number of carbonyl (C=O) groups is 1. The maximum absolute atomic E-state index is 11.9. The van der Waals surface area contributed by atoms with Crippen molar-refractivity contribution in [3.05, 3.63) is 22.3 Å². The average molecular weight is 271 g/mol. The Bertz CT molecular complexity index is 618. The third kappa shape index (κ3) is 2.29. The van der Waals surface area contributed by atoms with Gasteiger partial charge in [-0.05, 0) is 0 Å². The lowest BCUT2D eigenvalue weighted by Crippen LogP contribution is -2.32. The van der Waals surface area contributed by atoms with Crippen molar-refractivity contribution in [1.29, 1.82) is 15.8 Å². The van der Waals surface area contributed by atoms with E-state index in [1.54, 1.807) is 0 Å². The summed E-state index contributed by atoms with van der Waals surface area (Å²) in [6, 6.07) is 5.72. The van der Waals surface area contributed by atoms with E-state index in [-0.39, 0.29) is 22.3 Å². The average Bonchev–Trinajstić information content (AvgIpc) is 2.70. The van der Waals surface area contributed by atoms with Crippen LogP contribution < -0.4 is 0 Å². The van der Waals surface area contributed by atoms with Gasteiger partial charge in [0, 0.05) is 5.54 Å². The highest BCUT2D eigenvalue weighted by Crippen LogP contribution is 2.47. The van der Waals surface area contributed by atoms with E-state index in [1.807, 2.05) is 37.8 Å². The molecule has 0 aromatic rings. The number of esters is 1. The van der Waals surface area contributed by atoms with Crippen LogP contribution in [0.1, 0.15) is 0 Å². The van der Waals surface area contributed by atoms with Gasteiger partial charge in [0.2, 0.25) is 0 Å². The van der Waals surface area contributed by atoms with E-state index < -0.39 is 19.6 Å². The van der Waals surface area contributed by atoms with Crippen molar-refractivity contribution >= 4 is 14.0 Å². The van der Waals surface area contributed by atoms with Crippen LogP contribution in [0.3, 0.4) is 0 Å². The first-order valence-corrected chi connectivity index (χ1v) is 9.18. The number of allylic oxidation sites excluding steroid dienone is 3. The molecule has 0 N–H and O–H groups in total. The lowest BCUT2D eigenvalue weighted by molar-refractivity contribution is -0.136. The molecular formula is C13H13N3O2Si. The van der Waals surface area contributed by atoms with Gasteiger partial charge in [-0.2, -0.15) is 15.8 Å². The van der Waals surface area contributed by atoms with E-state index in [0.717, 1.165) is 0 Å². The highest BCUT2D eigenvalue weighted by Gasteiger charge is 2.45. The Kier molecular flexibility index (Phi) is 3.94. The zero-order valence-electron chi connectivity index (χ0n) is 11.2. The molecule has 1 aliphatic carbocycles. The number of rotatable bonds is 2. The quantitative estimate of drug-likeness (QED) is 0.565. The van der Waals surface area contributed by atoms with Crippen molar-refractivity contribution in [2.75, 3.05) is 7.11 Å². The largest absolute Gasteiger partial charge is 0.466 e. The Morgan fingerprint density at radius 1 is 1.11 bits per heavy atom. The first-order chi connectivity index (χ1) is 8.83. The minimum absolute atomic E-state index is 0.0119. The van der Waals surface area contributed by atoms with Crippen molar-refractivity contribution in [2.45, 2.75) is 25.2 Å². The van der Waals surface area contributed by atoms with E-state index >= 15 is 0 Å². The molecule has 5 nitrogen and oxygen atoms in total. The minimum atomic E-state index is -2.01. The Morgan fingerprint density at radius 3 is 1.95 bits per heavy atom. The Balaban J connectivity index is 3.68. The Morgan fingerprint density at radius 2 is 1.63 bits per heavy atom. The van der Waals surface area contributed by atoms with Crippen molar-refractivity contribution in [2.24, 2.45) is 0 Å². The maximum Gasteiger partial charge on any atom is 0.335 e. The van der Waals surface area contributed by atoms with Crippen molar-refractivity contribution in [3.8, 4) is 18.2 Å². The van der Waals surface area contributed by atoms with E-state index in [0.29, 0.717) is 0 Å². The van der Waals surface area contributed by atoms with Gasteiger partial charge in [0.1, 0.15) is 12.1 Å². The fourth-order valence-electron chi connectivity index (χ4n) is 2.25. The third-order valence-corrected chi connectivity index (χ3v) is 5.29. The third-order valence-electron chi connectivity index (χ3n) is 2.98. The standard InChI is InChI=1S/C13H13N3O2Si/c1-18-13(17)11-9(6-15)8(5-14)10(7-16)12(11)19(2,3)4/h12H,1-4H3. The van der Waals surface area contributed by atoms with Gasteiger partial charge in [0.15, 0.2) is 0 Å². The van der Waals surface area contributed by atoms with Gasteiger partial charge in [-0.25, -0.2) is 4.79 Å². The molecule has 6 heteroatoms. The summed E-state index contributed by atoms with van der Waals surface area (Å²) in [5.74, 6) is -0.637. The zero-order chi connectivity index (χ0) is 14.8. The number of carbonyl (C=O) groups excluding carboxylic acids is 1. The SMILES string of the molecule is COC(=O)C1=C(C#N)C(C#N)=C(C#N)C1[Si](C)(C)C. The van der Waals surface area contributed by atoms with Crippen molar-refractivity contribution in [3.63, 3.8) is 0 Å². The van der Waals surface area contributed by atoms with Crippen LogP contribution in [0.5, 0.6) is 0 Å². The van der Waals surface area contributed by atoms with E-state index in [2.05, 4.69) is 0 Å². The normalized spacial score (nSPS) is 18.7. The molecule has 0 spiro atoms. The molecule has 0 radical (unpaired) electrons. The second kappa shape index (κ2) is 5.10. The van der Waals surface area contributed by atoms with E-state index in [4.69, 9.17) is 10.00 Å². The van der Waals surface area contributed by atoms with Crippen LogP contribution in [-0.4, -0.2) is 21.2 Å². The molecular weight excluding hydrogens is 258 g/mol. The summed E-state index contributed by atoms with van der Waals surface area (Å²) in [6.45, 7) is 5.94. The fraction of sp³-hybridized carbons (Fsp3) is 0.385. The Labute approximate surface area is 113 Å². The molecule has 1 rings (SSSR count). The first-order valence-electron chi connectivity index (χ1n) is 5.60. The molecule has 0 fully saturated rings. The number of nitriles is 3. The number of ether oxygens (including phenoxy) is 1. The van der Waals surface area contributed by atoms with Gasteiger partial charge in [0.25, 0.3) is 0 Å². The monoisotopic (exact) mass is 271 g/mol. The molecule has 1 atom stereocenters. The molecule has 0 aromatic carbocycles. The van der Waals surface area contributed by atoms with Crippen LogP contribution in [0, 0.1) is 34.0 Å². The molecule has 0 aliphatic heterocycles. The van der Waals surface area contributed by atoms with E-state index in [1.165, 1.54) is 7.11 Å². The van der Waals surface area contributed by atoms with Crippen LogP contribution in [-0.2, 0) is 9.53 Å². The van der Waals surface area contributed by atoms with Gasteiger partial charge in [-0.15, -0.1) is 0 Å². The minimum Gasteiger partial charge on any atom is -0.466 e. The second-order valence-corrected chi connectivity index (χ2v) is 10.5. The van der Waals surface area contributed by atoms with Gasteiger partial charge >= 0.3 is 5.97 Å². The predicted molar refractivity (Wildman–Crippen MR) is 70.0 cm³/mol. The lowest BCUT2D eigenvalue weighted by atomic mass is 10.1. The molecule has 0 saturated heterocycles. The summed E-state index contributed by atoms with van der Waals surface area (Å²) in [5.41, 5.74) is -0.0821. The van der Waals surface area contributed by atoms with Crippen LogP contribution in [0.4, 0.5) is 0 Å². The molecule has 1 aliphatic rings. The summed E-state index contributed by atoms with van der Waals surface area (Å²) in [7, 11) is -0.784. The van der Waals surface area contributed by atoms with Crippen molar-refractivity contribution < 1.29 is 9.53 Å². The van der Waals surface area contributed by atoms with Gasteiger partial charge in [0.05, 0.1) is 43.5 Å². The lowest BCUT2D eigenvalue weighted by Gasteiger charge is -2.26. The predicted octanol–water partition coefficient (Wildman–Crippen LogP) is 2.05. The highest BCUT2D eigenvalue weighted by atomic mass is 28.3. The van der Waals surface area contributed by atoms with Gasteiger partial charge in [-0.3, -0.25) is 0 Å². The van der Waals surface area contributed by atoms with Gasteiger partial charge in [-0.1, -0.05) is 19.6 Å². The number of hydrogen-bond donors (Lipinski definition) is 0. The zero-order valence-corrected chi connectivity index (χ0v) is 12.2. The molecule has 0 bridgehead atoms. The van der Waals surface area contributed by atoms with Crippen LogP contribution in [0.2, 0.25) is 25.2 Å². The molecule has 1 unspecified atom stereocenters. The molecule has 0 saturated carbocycles. The fourth-order valence-corrected chi connectivity index (χ4v) is 4.45. The molecule has 19 heavy (non-hydrogen) atoms. The summed E-state index contributed by atoms with van der Waals surface area (Å²) in [5, 5.41) is 27.6. The smallest absolute Gasteiger partial charge is 0.335 e. The van der Waals surface area contributed by atoms with E-state index in [9.17, 15) is 15.3 Å². The molecule has 0 aromatic heterocycles. The Hall–Kier alpha value is -2.36. The summed E-state index contributed by atoms with van der Waals surface area (Å²) in [4.78, 5) is 11.9. The van der Waals surface area contributed by atoms with Crippen molar-refractivity contribution in [1.82, 2.24) is 0 Å². The maximum atomic E-state index is 11.9. The molecule has 0 heterocycles. The molecule has 96 valence electrons. The van der Waals surface area contributed by atoms with Crippen LogP contribution in [0.15, 0.2) is 22.3 Å². The van der Waals surface area contributed by atoms with Crippen LogP contribution >= 0.6 is 0 Å². The summed E-state index contributed by atoms with van der Waals surface area (Å²) in [6.07, 6.45) is 0. The number of methoxy groups -OCH3 is 1. The summed E-state index contributed by atoms with van der Waals surface area (Å²) >= 11 is 0. The molecule has 0 amide bonds. The topological polar surface area (TPSA) is 97.7 Å². The summed E-state index contributed by atoms with van der Waals surface area (Å²) < 4.78 is 4.71. The van der Waals surface area contributed by atoms with Crippen LogP contribution in [0.25, 0.3) is 0 Å². The highest BCUT2D eigenvalue weighted by molar-refractivity contribution is 6.79. The first kappa shape index (κ1) is 14.7. The number of nitrogens with zero attached hydrogens (tertiary/aromatic N) is 3.